The van der Waals surface area contributed by atoms with Crippen LogP contribution in [-0.2, 0) is 16.2 Å². The Balaban J connectivity index is 1.55. The van der Waals surface area contributed by atoms with Crippen LogP contribution >= 0.6 is 45.8 Å². The summed E-state index contributed by atoms with van der Waals surface area (Å²) in [6.45, 7) is 0.247. The fourth-order valence-electron chi connectivity index (χ4n) is 5.15. The molecule has 0 radical (unpaired) electrons. The first-order valence-electron chi connectivity index (χ1n) is 11.6. The molecule has 3 aliphatic rings. The van der Waals surface area contributed by atoms with E-state index in [0.29, 0.717) is 34.4 Å². The van der Waals surface area contributed by atoms with E-state index < -0.39 is 0 Å². The topological polar surface area (TPSA) is 64.6 Å². The highest BCUT2D eigenvalue weighted by Crippen LogP contribution is 2.47. The van der Waals surface area contributed by atoms with Gasteiger partial charge in [0.25, 0.3) is 0 Å². The van der Waals surface area contributed by atoms with E-state index in [0.717, 1.165) is 62.9 Å². The average Bonchev–Trinajstić information content (AvgIpc) is 2.83. The molecule has 1 heterocycles. The number of hydrogen-bond acceptors (Lipinski definition) is 5. The van der Waals surface area contributed by atoms with E-state index in [2.05, 4.69) is 27.9 Å². The number of allylic oxidation sites excluding steroid dienone is 4. The van der Waals surface area contributed by atoms with Gasteiger partial charge in [0.2, 0.25) is 0 Å². The van der Waals surface area contributed by atoms with Crippen molar-refractivity contribution in [2.24, 2.45) is 0 Å². The van der Waals surface area contributed by atoms with E-state index in [1.165, 1.54) is 0 Å². The quantitative estimate of drug-likeness (QED) is 0.368. The highest BCUT2D eigenvalue weighted by atomic mass is 127. The predicted octanol–water partition coefficient (Wildman–Crippen LogP) is 6.89. The minimum Gasteiger partial charge on any atom is -0.493 e. The highest BCUT2D eigenvalue weighted by Gasteiger charge is 2.40. The van der Waals surface area contributed by atoms with E-state index in [1.54, 1.807) is 19.2 Å². The number of rotatable bonds is 5. The molecule has 2 aromatic carbocycles. The summed E-state index contributed by atoms with van der Waals surface area (Å²) < 4.78 is 12.7. The van der Waals surface area contributed by atoms with Gasteiger partial charge >= 0.3 is 0 Å². The number of ether oxygens (including phenoxy) is 2. The van der Waals surface area contributed by atoms with Crippen LogP contribution in [0.4, 0.5) is 0 Å². The SMILES string of the molecule is COc1cc(C2C3=C(CCCC3=O)NC3=C2C(=O)CCC3)cc(I)c1OCc1ccc(Cl)cc1Cl. The lowest BCUT2D eigenvalue weighted by atomic mass is 9.71. The summed E-state index contributed by atoms with van der Waals surface area (Å²) in [6.07, 6.45) is 4.31. The van der Waals surface area contributed by atoms with Gasteiger partial charge in [-0.2, -0.15) is 0 Å². The zero-order valence-corrected chi connectivity index (χ0v) is 22.9. The van der Waals surface area contributed by atoms with Crippen molar-refractivity contribution < 1.29 is 19.1 Å². The maximum Gasteiger partial charge on any atom is 0.174 e. The summed E-state index contributed by atoms with van der Waals surface area (Å²) in [6, 6.07) is 9.18. The molecule has 35 heavy (non-hydrogen) atoms. The van der Waals surface area contributed by atoms with Gasteiger partial charge in [0, 0.05) is 56.9 Å². The van der Waals surface area contributed by atoms with Gasteiger partial charge in [0.15, 0.2) is 23.1 Å². The fraction of sp³-hybridized carbons (Fsp3) is 0.333. The average molecular weight is 624 g/mol. The first-order chi connectivity index (χ1) is 16.9. The number of hydrogen-bond donors (Lipinski definition) is 1. The molecule has 1 N–H and O–H groups in total. The first kappa shape index (κ1) is 24.7. The summed E-state index contributed by atoms with van der Waals surface area (Å²) in [7, 11) is 1.59. The summed E-state index contributed by atoms with van der Waals surface area (Å²) in [5.74, 6) is 0.973. The van der Waals surface area contributed by atoms with Crippen molar-refractivity contribution >= 4 is 57.4 Å². The Bertz CT molecular complexity index is 1260. The van der Waals surface area contributed by atoms with E-state index in [-0.39, 0.29) is 24.1 Å². The second kappa shape index (κ2) is 10.1. The molecule has 0 aromatic heterocycles. The van der Waals surface area contributed by atoms with Gasteiger partial charge < -0.3 is 14.8 Å². The number of nitrogens with one attached hydrogen (secondary N) is 1. The Morgan fingerprint density at radius 2 is 1.63 bits per heavy atom. The zero-order valence-electron chi connectivity index (χ0n) is 19.2. The molecule has 5 rings (SSSR count). The second-order valence-corrected chi connectivity index (χ2v) is 11.0. The number of halogens is 3. The highest BCUT2D eigenvalue weighted by molar-refractivity contribution is 14.1. The van der Waals surface area contributed by atoms with Crippen LogP contribution in [-0.4, -0.2) is 18.7 Å². The van der Waals surface area contributed by atoms with E-state index in [4.69, 9.17) is 32.7 Å². The van der Waals surface area contributed by atoms with Gasteiger partial charge in [-0.1, -0.05) is 29.3 Å². The van der Waals surface area contributed by atoms with Crippen LogP contribution < -0.4 is 14.8 Å². The molecule has 0 saturated heterocycles. The van der Waals surface area contributed by atoms with Crippen molar-refractivity contribution in [3.8, 4) is 11.5 Å². The van der Waals surface area contributed by atoms with Crippen molar-refractivity contribution in [2.45, 2.75) is 51.0 Å². The minimum absolute atomic E-state index is 0.111. The smallest absolute Gasteiger partial charge is 0.174 e. The van der Waals surface area contributed by atoms with Crippen LogP contribution in [0.15, 0.2) is 52.9 Å². The number of benzene rings is 2. The molecule has 2 aliphatic carbocycles. The Morgan fingerprint density at radius 1 is 0.971 bits per heavy atom. The number of carbonyl (C=O) groups is 2. The molecule has 0 spiro atoms. The van der Waals surface area contributed by atoms with Crippen LogP contribution in [0, 0.1) is 3.57 Å². The van der Waals surface area contributed by atoms with E-state index in [1.807, 2.05) is 18.2 Å². The van der Waals surface area contributed by atoms with Crippen LogP contribution in [0.3, 0.4) is 0 Å². The van der Waals surface area contributed by atoms with Crippen molar-refractivity contribution in [3.05, 3.63) is 77.6 Å². The Labute approximate surface area is 228 Å². The standard InChI is InChI=1S/C27H24Cl2INO4/c1-34-23-11-15(10-18(30)27(23)35-13-14-8-9-16(28)12-17(14)29)24-25-19(4-2-6-21(25)32)31-20-5-3-7-22(33)26(20)24/h8-12,24,31H,2-7,13H2,1H3. The largest absolute Gasteiger partial charge is 0.493 e. The maximum atomic E-state index is 13.1. The molecular formula is C27H24Cl2INO4. The Kier molecular flexibility index (Phi) is 7.15. The van der Waals surface area contributed by atoms with Gasteiger partial charge in [-0.3, -0.25) is 9.59 Å². The van der Waals surface area contributed by atoms with Crippen molar-refractivity contribution in [1.29, 1.82) is 0 Å². The number of carbonyl (C=O) groups excluding carboxylic acids is 2. The van der Waals surface area contributed by atoms with Crippen molar-refractivity contribution in [3.63, 3.8) is 0 Å². The molecule has 0 fully saturated rings. The molecule has 0 unspecified atom stereocenters. The minimum atomic E-state index is -0.385. The fourth-order valence-corrected chi connectivity index (χ4v) is 6.40. The lowest BCUT2D eigenvalue weighted by Gasteiger charge is -2.37. The summed E-state index contributed by atoms with van der Waals surface area (Å²) >= 11 is 14.5. The molecular weight excluding hydrogens is 600 g/mol. The third-order valence-electron chi connectivity index (χ3n) is 6.76. The number of ketones is 2. The van der Waals surface area contributed by atoms with Gasteiger partial charge in [-0.25, -0.2) is 0 Å². The number of methoxy groups -OCH3 is 1. The van der Waals surface area contributed by atoms with Crippen LogP contribution in [0.25, 0.3) is 0 Å². The lowest BCUT2D eigenvalue weighted by molar-refractivity contribution is -0.116. The van der Waals surface area contributed by atoms with Gasteiger partial charge in [0.05, 0.1) is 10.7 Å². The number of Topliss-reactive ketones (excluding diaryl/α,β-unsaturated/α-hetero) is 2. The normalized spacial score (nSPS) is 18.3. The van der Waals surface area contributed by atoms with Gasteiger partial charge in [-0.15, -0.1) is 0 Å². The molecule has 1 aliphatic heterocycles. The second-order valence-electron chi connectivity index (χ2n) is 8.95. The van der Waals surface area contributed by atoms with Crippen LogP contribution in [0.2, 0.25) is 10.0 Å². The molecule has 0 amide bonds. The van der Waals surface area contributed by atoms with Crippen molar-refractivity contribution in [2.75, 3.05) is 7.11 Å². The molecule has 8 heteroatoms. The maximum absolute atomic E-state index is 13.1. The van der Waals surface area contributed by atoms with Crippen LogP contribution in [0.1, 0.15) is 55.6 Å². The summed E-state index contributed by atoms with van der Waals surface area (Å²) in [5, 5.41) is 4.55. The van der Waals surface area contributed by atoms with E-state index >= 15 is 0 Å². The lowest BCUT2D eigenvalue weighted by Crippen LogP contribution is -2.36. The third kappa shape index (κ3) is 4.72. The predicted molar refractivity (Wildman–Crippen MR) is 144 cm³/mol. The van der Waals surface area contributed by atoms with E-state index in [9.17, 15) is 9.59 Å². The molecule has 2 aromatic rings. The monoisotopic (exact) mass is 623 g/mol. The third-order valence-corrected chi connectivity index (χ3v) is 8.15. The first-order valence-corrected chi connectivity index (χ1v) is 13.4. The Morgan fingerprint density at radius 3 is 2.23 bits per heavy atom. The van der Waals surface area contributed by atoms with Crippen LogP contribution in [0.5, 0.6) is 11.5 Å². The molecule has 182 valence electrons. The zero-order chi connectivity index (χ0) is 24.7. The molecule has 5 nitrogen and oxygen atoms in total. The molecule has 0 bridgehead atoms. The Hall–Kier alpha value is -2.03. The summed E-state index contributed by atoms with van der Waals surface area (Å²) in [5.41, 5.74) is 5.06. The molecule has 0 saturated carbocycles. The van der Waals surface area contributed by atoms with Crippen molar-refractivity contribution in [1.82, 2.24) is 5.32 Å². The van der Waals surface area contributed by atoms with Gasteiger partial charge in [0.1, 0.15) is 6.61 Å². The molecule has 0 atom stereocenters. The number of dihydropyridines is 1. The summed E-state index contributed by atoms with van der Waals surface area (Å²) in [4.78, 5) is 26.2. The van der Waals surface area contributed by atoms with Gasteiger partial charge in [-0.05, 0) is 78.1 Å².